The van der Waals surface area contributed by atoms with Crippen molar-refractivity contribution in [3.63, 3.8) is 0 Å². The highest BCUT2D eigenvalue weighted by molar-refractivity contribution is 5.97. The lowest BCUT2D eigenvalue weighted by Gasteiger charge is -2.12. The Morgan fingerprint density at radius 3 is 2.78 bits per heavy atom. The van der Waals surface area contributed by atoms with Crippen LogP contribution < -0.4 is 10.6 Å². The number of carbonyl (C=O) groups is 1. The molecule has 0 saturated heterocycles. The molecule has 5 heteroatoms. The fourth-order valence-electron chi connectivity index (χ4n) is 2.05. The molecule has 23 heavy (non-hydrogen) atoms. The minimum absolute atomic E-state index is 0.0555. The summed E-state index contributed by atoms with van der Waals surface area (Å²) in [5.41, 5.74) is 2.09. The molecule has 0 unspecified atom stereocenters. The van der Waals surface area contributed by atoms with E-state index >= 15 is 0 Å². The van der Waals surface area contributed by atoms with Crippen molar-refractivity contribution in [3.8, 4) is 6.07 Å². The fraction of sp³-hybridized carbons (Fsp3) is 0.444. The summed E-state index contributed by atoms with van der Waals surface area (Å²) in [7, 11) is 0. The molecule has 1 amide bonds. The van der Waals surface area contributed by atoms with Gasteiger partial charge in [-0.05, 0) is 30.9 Å². The van der Waals surface area contributed by atoms with Gasteiger partial charge in [0.15, 0.2) is 0 Å². The molecule has 0 aliphatic rings. The monoisotopic (exact) mass is 315 g/mol. The first-order valence-electron chi connectivity index (χ1n) is 7.91. The molecule has 5 nitrogen and oxygen atoms in total. The zero-order valence-corrected chi connectivity index (χ0v) is 14.1. The second-order valence-corrected chi connectivity index (χ2v) is 5.36. The van der Waals surface area contributed by atoms with E-state index in [4.69, 9.17) is 10.00 Å². The Balaban J connectivity index is 2.62. The molecule has 0 bridgehead atoms. The van der Waals surface area contributed by atoms with Crippen molar-refractivity contribution in [1.82, 2.24) is 5.32 Å². The molecular formula is C18H25N3O2. The van der Waals surface area contributed by atoms with Crippen LogP contribution in [0.2, 0.25) is 0 Å². The maximum Gasteiger partial charge on any atom is 0.263 e. The summed E-state index contributed by atoms with van der Waals surface area (Å²) < 4.78 is 5.20. The molecule has 0 aliphatic carbocycles. The Morgan fingerprint density at radius 1 is 1.39 bits per heavy atom. The van der Waals surface area contributed by atoms with Crippen LogP contribution in [0.3, 0.4) is 0 Å². The van der Waals surface area contributed by atoms with E-state index in [9.17, 15) is 4.79 Å². The Morgan fingerprint density at radius 2 is 2.13 bits per heavy atom. The number of hydrogen-bond donors (Lipinski definition) is 2. The van der Waals surface area contributed by atoms with Crippen molar-refractivity contribution in [2.24, 2.45) is 0 Å². The maximum atomic E-state index is 12.0. The first-order valence-corrected chi connectivity index (χ1v) is 7.91. The summed E-state index contributed by atoms with van der Waals surface area (Å²) in [6.07, 6.45) is 2.18. The van der Waals surface area contributed by atoms with E-state index in [-0.39, 0.29) is 11.5 Å². The standard InChI is InChI=1S/C18H25N3O2/c1-4-23-11-7-10-20-18(22)15(12-19)13-21-17-9-6-5-8-16(17)14(2)3/h5-6,8-9,13-14,21H,4,7,10-11H2,1-3H3,(H,20,22)/b15-13-. The molecule has 0 saturated carbocycles. The number of ether oxygens (including phenoxy) is 1. The SMILES string of the molecule is CCOCCCNC(=O)/C(C#N)=C\Nc1ccccc1C(C)C. The van der Waals surface area contributed by atoms with Gasteiger partial charge in [-0.3, -0.25) is 4.79 Å². The van der Waals surface area contributed by atoms with E-state index < -0.39 is 0 Å². The van der Waals surface area contributed by atoms with Crippen molar-refractivity contribution in [2.45, 2.75) is 33.1 Å². The number of nitriles is 1. The zero-order chi connectivity index (χ0) is 17.1. The van der Waals surface area contributed by atoms with Gasteiger partial charge in [0.05, 0.1) is 0 Å². The predicted octanol–water partition coefficient (Wildman–Crippen LogP) is 3.17. The quantitative estimate of drug-likeness (QED) is 0.417. The lowest BCUT2D eigenvalue weighted by Crippen LogP contribution is -2.26. The van der Waals surface area contributed by atoms with Gasteiger partial charge < -0.3 is 15.4 Å². The van der Waals surface area contributed by atoms with Crippen LogP contribution in [-0.2, 0) is 9.53 Å². The highest BCUT2D eigenvalue weighted by Gasteiger charge is 2.09. The van der Waals surface area contributed by atoms with Gasteiger partial charge in [-0.2, -0.15) is 5.26 Å². The van der Waals surface area contributed by atoms with Crippen molar-refractivity contribution in [2.75, 3.05) is 25.1 Å². The van der Waals surface area contributed by atoms with E-state index in [1.165, 1.54) is 6.20 Å². The zero-order valence-electron chi connectivity index (χ0n) is 14.1. The van der Waals surface area contributed by atoms with Crippen LogP contribution >= 0.6 is 0 Å². The van der Waals surface area contributed by atoms with E-state index in [2.05, 4.69) is 24.5 Å². The molecule has 2 N–H and O–H groups in total. The second-order valence-electron chi connectivity index (χ2n) is 5.36. The van der Waals surface area contributed by atoms with Gasteiger partial charge in [0.1, 0.15) is 11.6 Å². The van der Waals surface area contributed by atoms with Crippen molar-refractivity contribution >= 4 is 11.6 Å². The lowest BCUT2D eigenvalue weighted by atomic mass is 10.0. The predicted molar refractivity (Wildman–Crippen MR) is 92.0 cm³/mol. The molecule has 1 aromatic rings. The first-order chi connectivity index (χ1) is 11.1. The number of anilines is 1. The third-order valence-corrected chi connectivity index (χ3v) is 3.28. The molecule has 124 valence electrons. The molecule has 0 radical (unpaired) electrons. The van der Waals surface area contributed by atoms with Gasteiger partial charge >= 0.3 is 0 Å². The van der Waals surface area contributed by atoms with Crippen molar-refractivity contribution in [3.05, 3.63) is 41.6 Å². The van der Waals surface area contributed by atoms with Gasteiger partial charge in [-0.1, -0.05) is 32.0 Å². The number of hydrogen-bond acceptors (Lipinski definition) is 4. The molecule has 0 fully saturated rings. The largest absolute Gasteiger partial charge is 0.382 e. The van der Waals surface area contributed by atoms with Gasteiger partial charge in [0.2, 0.25) is 0 Å². The van der Waals surface area contributed by atoms with Gasteiger partial charge in [-0.15, -0.1) is 0 Å². The Labute approximate surface area is 138 Å². The van der Waals surface area contributed by atoms with E-state index in [1.54, 1.807) is 0 Å². The summed E-state index contributed by atoms with van der Waals surface area (Å²) >= 11 is 0. The summed E-state index contributed by atoms with van der Waals surface area (Å²) in [6, 6.07) is 9.78. The highest BCUT2D eigenvalue weighted by Crippen LogP contribution is 2.23. The Bertz CT molecular complexity index is 574. The van der Waals surface area contributed by atoms with Crippen LogP contribution in [0.25, 0.3) is 0 Å². The van der Waals surface area contributed by atoms with Crippen molar-refractivity contribution < 1.29 is 9.53 Å². The van der Waals surface area contributed by atoms with Crippen LogP contribution in [0.15, 0.2) is 36.0 Å². The van der Waals surface area contributed by atoms with Crippen LogP contribution in [0.1, 0.15) is 38.7 Å². The summed E-state index contributed by atoms with van der Waals surface area (Å²) in [5, 5.41) is 14.9. The minimum Gasteiger partial charge on any atom is -0.382 e. The Kier molecular flexibility index (Phi) is 8.48. The molecule has 0 heterocycles. The second kappa shape index (κ2) is 10.4. The molecular weight excluding hydrogens is 290 g/mol. The summed E-state index contributed by atoms with van der Waals surface area (Å²) in [6.45, 7) is 7.87. The van der Waals surface area contributed by atoms with Gasteiger partial charge in [0.25, 0.3) is 5.91 Å². The smallest absolute Gasteiger partial charge is 0.263 e. The summed E-state index contributed by atoms with van der Waals surface area (Å²) in [5.74, 6) is -0.0245. The van der Waals surface area contributed by atoms with Crippen molar-refractivity contribution in [1.29, 1.82) is 5.26 Å². The van der Waals surface area contributed by atoms with Crippen LogP contribution in [0, 0.1) is 11.3 Å². The third-order valence-electron chi connectivity index (χ3n) is 3.28. The topological polar surface area (TPSA) is 74.1 Å². The van der Waals surface area contributed by atoms with Crippen LogP contribution in [0.5, 0.6) is 0 Å². The van der Waals surface area contributed by atoms with E-state index in [1.807, 2.05) is 37.3 Å². The number of amides is 1. The van der Waals surface area contributed by atoms with Crippen LogP contribution in [0.4, 0.5) is 5.69 Å². The van der Waals surface area contributed by atoms with E-state index in [0.717, 1.165) is 17.7 Å². The molecule has 0 aliphatic heterocycles. The third kappa shape index (κ3) is 6.54. The average molecular weight is 315 g/mol. The number of carbonyl (C=O) groups excluding carboxylic acids is 1. The maximum absolute atomic E-state index is 12.0. The number of para-hydroxylation sites is 1. The minimum atomic E-state index is -0.376. The molecule has 1 rings (SSSR count). The first kappa shape index (κ1) is 18.7. The number of benzene rings is 1. The number of nitrogens with one attached hydrogen (secondary N) is 2. The summed E-state index contributed by atoms with van der Waals surface area (Å²) in [4.78, 5) is 12.0. The highest BCUT2D eigenvalue weighted by atomic mass is 16.5. The average Bonchev–Trinajstić information content (AvgIpc) is 2.55. The molecule has 0 aromatic heterocycles. The lowest BCUT2D eigenvalue weighted by molar-refractivity contribution is -0.117. The van der Waals surface area contributed by atoms with Gasteiger partial charge in [-0.25, -0.2) is 0 Å². The van der Waals surface area contributed by atoms with E-state index in [0.29, 0.717) is 25.7 Å². The normalized spacial score (nSPS) is 11.2. The fourth-order valence-corrected chi connectivity index (χ4v) is 2.05. The van der Waals surface area contributed by atoms with Gasteiger partial charge in [0, 0.05) is 31.6 Å². The Hall–Kier alpha value is -2.32. The number of nitrogens with zero attached hydrogens (tertiary/aromatic N) is 1. The van der Waals surface area contributed by atoms with Crippen LogP contribution in [-0.4, -0.2) is 25.7 Å². The molecule has 0 spiro atoms. The molecule has 1 aromatic carbocycles. The molecule has 0 atom stereocenters. The number of rotatable bonds is 9.